The average Bonchev–Trinajstić information content (AvgIpc) is 3.29. The van der Waals surface area contributed by atoms with E-state index in [9.17, 15) is 26.4 Å². The van der Waals surface area contributed by atoms with Crippen LogP contribution in [0.3, 0.4) is 0 Å². The van der Waals surface area contributed by atoms with Crippen LogP contribution < -0.4 is 10.1 Å². The molecular weight excluding hydrogens is 469 g/mol. The Morgan fingerprint density at radius 1 is 1.03 bits per heavy atom. The minimum atomic E-state index is -4.40. The topological polar surface area (TPSA) is 75.7 Å². The van der Waals surface area contributed by atoms with Gasteiger partial charge in [0.2, 0.25) is 15.9 Å². The normalized spacial score (nSPS) is 17.4. The van der Waals surface area contributed by atoms with Crippen LogP contribution in [0.15, 0.2) is 47.4 Å². The summed E-state index contributed by atoms with van der Waals surface area (Å²) >= 11 is 0. The molecule has 4 rings (SSSR count). The van der Waals surface area contributed by atoms with Crippen molar-refractivity contribution in [1.82, 2.24) is 9.62 Å². The number of amides is 1. The molecule has 184 valence electrons. The van der Waals surface area contributed by atoms with Gasteiger partial charge < -0.3 is 10.1 Å². The second-order valence-electron chi connectivity index (χ2n) is 8.73. The SMILES string of the molecule is O=C(NCc1ccc(OCC(F)(F)F)cc1)C1CCN(S(=O)(=O)c2ccc3c(c2)CCC3)CC1. The third-order valence-corrected chi connectivity index (χ3v) is 8.22. The quantitative estimate of drug-likeness (QED) is 0.632. The molecule has 34 heavy (non-hydrogen) atoms. The zero-order valence-corrected chi connectivity index (χ0v) is 19.4. The molecule has 0 bridgehead atoms. The van der Waals surface area contributed by atoms with Gasteiger partial charge in [-0.1, -0.05) is 18.2 Å². The highest BCUT2D eigenvalue weighted by atomic mass is 32.2. The van der Waals surface area contributed by atoms with Gasteiger partial charge in [-0.05, 0) is 73.1 Å². The van der Waals surface area contributed by atoms with Crippen LogP contribution in [0.5, 0.6) is 5.75 Å². The van der Waals surface area contributed by atoms with Crippen molar-refractivity contribution in [2.75, 3.05) is 19.7 Å². The molecule has 1 fully saturated rings. The van der Waals surface area contributed by atoms with Crippen molar-refractivity contribution in [2.45, 2.75) is 49.7 Å². The summed E-state index contributed by atoms with van der Waals surface area (Å²) in [7, 11) is -3.59. The third kappa shape index (κ3) is 5.90. The van der Waals surface area contributed by atoms with Gasteiger partial charge in [0, 0.05) is 25.6 Å². The van der Waals surface area contributed by atoms with Crippen molar-refractivity contribution in [3.05, 3.63) is 59.2 Å². The van der Waals surface area contributed by atoms with Gasteiger partial charge >= 0.3 is 6.18 Å². The van der Waals surface area contributed by atoms with E-state index in [-0.39, 0.29) is 37.2 Å². The predicted molar refractivity (Wildman–Crippen MR) is 120 cm³/mol. The van der Waals surface area contributed by atoms with Crippen LogP contribution in [0.25, 0.3) is 0 Å². The molecule has 10 heteroatoms. The summed E-state index contributed by atoms with van der Waals surface area (Å²) in [5, 5.41) is 2.83. The average molecular weight is 497 g/mol. The summed E-state index contributed by atoms with van der Waals surface area (Å²) in [5.74, 6) is -0.350. The van der Waals surface area contributed by atoms with E-state index in [1.807, 2.05) is 6.07 Å². The van der Waals surface area contributed by atoms with Crippen LogP contribution in [-0.4, -0.2) is 44.5 Å². The summed E-state index contributed by atoms with van der Waals surface area (Å²) in [5.41, 5.74) is 3.05. The fourth-order valence-corrected chi connectivity index (χ4v) is 5.94. The molecule has 1 aliphatic carbocycles. The lowest BCUT2D eigenvalue weighted by atomic mass is 9.97. The smallest absolute Gasteiger partial charge is 0.422 e. The molecule has 1 N–H and O–H groups in total. The lowest BCUT2D eigenvalue weighted by Gasteiger charge is -2.30. The van der Waals surface area contributed by atoms with E-state index in [1.54, 1.807) is 24.3 Å². The Labute approximate surface area is 197 Å². The summed E-state index contributed by atoms with van der Waals surface area (Å²) in [6.07, 6.45) is -0.588. The Hall–Kier alpha value is -2.59. The predicted octanol–water partition coefficient (Wildman–Crippen LogP) is 3.83. The van der Waals surface area contributed by atoms with Crippen molar-refractivity contribution >= 4 is 15.9 Å². The van der Waals surface area contributed by atoms with E-state index in [2.05, 4.69) is 10.1 Å². The summed E-state index contributed by atoms with van der Waals surface area (Å²) in [6, 6.07) is 11.4. The van der Waals surface area contributed by atoms with Crippen molar-refractivity contribution in [3.8, 4) is 5.75 Å². The number of alkyl halides is 3. The van der Waals surface area contributed by atoms with Gasteiger partial charge in [-0.25, -0.2) is 8.42 Å². The fourth-order valence-electron chi connectivity index (χ4n) is 4.42. The fraction of sp³-hybridized carbons (Fsp3) is 0.458. The maximum Gasteiger partial charge on any atom is 0.422 e. The molecule has 0 unspecified atom stereocenters. The maximum absolute atomic E-state index is 13.1. The molecule has 0 aromatic heterocycles. The van der Waals surface area contributed by atoms with Crippen molar-refractivity contribution in [3.63, 3.8) is 0 Å². The summed E-state index contributed by atoms with van der Waals surface area (Å²) in [6.45, 7) is -0.568. The maximum atomic E-state index is 13.1. The van der Waals surface area contributed by atoms with Crippen LogP contribution >= 0.6 is 0 Å². The van der Waals surface area contributed by atoms with Gasteiger partial charge in [0.05, 0.1) is 4.90 Å². The second kappa shape index (κ2) is 9.95. The minimum Gasteiger partial charge on any atom is -0.484 e. The first-order chi connectivity index (χ1) is 16.1. The number of ether oxygens (including phenoxy) is 1. The highest BCUT2D eigenvalue weighted by Crippen LogP contribution is 2.28. The molecule has 0 saturated carbocycles. The number of carbonyl (C=O) groups is 1. The molecule has 1 heterocycles. The van der Waals surface area contributed by atoms with Gasteiger partial charge in [0.25, 0.3) is 0 Å². The molecule has 1 aliphatic heterocycles. The largest absolute Gasteiger partial charge is 0.484 e. The number of rotatable bonds is 7. The van der Waals surface area contributed by atoms with Crippen molar-refractivity contribution in [2.24, 2.45) is 5.92 Å². The van der Waals surface area contributed by atoms with E-state index in [4.69, 9.17) is 0 Å². The monoisotopic (exact) mass is 496 g/mol. The van der Waals surface area contributed by atoms with E-state index >= 15 is 0 Å². The Bertz CT molecular complexity index is 1130. The zero-order chi connectivity index (χ0) is 24.3. The van der Waals surface area contributed by atoms with Crippen LogP contribution in [0.2, 0.25) is 0 Å². The van der Waals surface area contributed by atoms with Gasteiger partial charge in [-0.15, -0.1) is 0 Å². The van der Waals surface area contributed by atoms with Crippen LogP contribution in [0.1, 0.15) is 36.0 Å². The van der Waals surface area contributed by atoms with Gasteiger partial charge in [-0.2, -0.15) is 17.5 Å². The molecular formula is C24H27F3N2O4S. The number of hydrogen-bond acceptors (Lipinski definition) is 4. The number of aryl methyl sites for hydroxylation is 2. The first-order valence-corrected chi connectivity index (χ1v) is 12.7. The Morgan fingerprint density at radius 3 is 2.38 bits per heavy atom. The molecule has 0 atom stereocenters. The Balaban J connectivity index is 1.26. The number of halogens is 3. The lowest BCUT2D eigenvalue weighted by Crippen LogP contribution is -2.42. The molecule has 0 radical (unpaired) electrons. The molecule has 2 aromatic carbocycles. The molecule has 0 spiro atoms. The zero-order valence-electron chi connectivity index (χ0n) is 18.6. The Kier molecular flexibility index (Phi) is 7.18. The molecule has 6 nitrogen and oxygen atoms in total. The Morgan fingerprint density at radius 2 is 1.71 bits per heavy atom. The molecule has 2 aromatic rings. The van der Waals surface area contributed by atoms with E-state index < -0.39 is 22.8 Å². The number of nitrogens with zero attached hydrogens (tertiary/aromatic N) is 1. The van der Waals surface area contributed by atoms with Crippen LogP contribution in [0.4, 0.5) is 13.2 Å². The number of piperidine rings is 1. The second-order valence-corrected chi connectivity index (χ2v) is 10.7. The van der Waals surface area contributed by atoms with E-state index in [1.165, 1.54) is 22.0 Å². The van der Waals surface area contributed by atoms with Gasteiger partial charge in [-0.3, -0.25) is 4.79 Å². The van der Waals surface area contributed by atoms with E-state index in [0.29, 0.717) is 17.7 Å². The van der Waals surface area contributed by atoms with Gasteiger partial charge in [0.15, 0.2) is 6.61 Å². The van der Waals surface area contributed by atoms with Crippen LogP contribution in [-0.2, 0) is 34.2 Å². The number of nitrogens with one attached hydrogen (secondary N) is 1. The van der Waals surface area contributed by atoms with Crippen LogP contribution in [0, 0.1) is 5.92 Å². The van der Waals surface area contributed by atoms with Gasteiger partial charge in [0.1, 0.15) is 5.75 Å². The lowest BCUT2D eigenvalue weighted by molar-refractivity contribution is -0.153. The highest BCUT2D eigenvalue weighted by molar-refractivity contribution is 7.89. The molecule has 2 aliphatic rings. The first-order valence-electron chi connectivity index (χ1n) is 11.3. The first kappa shape index (κ1) is 24.5. The minimum absolute atomic E-state index is 0.101. The number of benzene rings is 2. The van der Waals surface area contributed by atoms with E-state index in [0.717, 1.165) is 30.4 Å². The molecule has 1 saturated heterocycles. The number of fused-ring (bicyclic) bond motifs is 1. The standard InChI is InChI=1S/C24H27F3N2O4S/c25-24(26,27)16-33-21-7-4-17(5-8-21)15-28-23(30)19-10-12-29(13-11-19)34(31,32)22-9-6-18-2-1-3-20(18)14-22/h4-9,14,19H,1-3,10-13,15-16H2,(H,28,30). The van der Waals surface area contributed by atoms with Crippen molar-refractivity contribution < 1.29 is 31.1 Å². The number of sulfonamides is 1. The number of hydrogen-bond donors (Lipinski definition) is 1. The highest BCUT2D eigenvalue weighted by Gasteiger charge is 2.32. The summed E-state index contributed by atoms with van der Waals surface area (Å²) in [4.78, 5) is 12.9. The third-order valence-electron chi connectivity index (χ3n) is 6.33. The van der Waals surface area contributed by atoms with Crippen molar-refractivity contribution in [1.29, 1.82) is 0 Å². The number of carbonyl (C=O) groups excluding carboxylic acids is 1. The summed E-state index contributed by atoms with van der Waals surface area (Å²) < 4.78 is 68.9. The molecule has 1 amide bonds.